The van der Waals surface area contributed by atoms with E-state index in [0.717, 1.165) is 26.0 Å². The third-order valence-corrected chi connectivity index (χ3v) is 5.04. The molecule has 0 fully saturated rings. The topological polar surface area (TPSA) is 46.2 Å². The van der Waals surface area contributed by atoms with Gasteiger partial charge in [0.05, 0.1) is 6.04 Å². The molecule has 1 aromatic carbocycles. The zero-order chi connectivity index (χ0) is 12.6. The lowest BCUT2D eigenvalue weighted by Gasteiger charge is -2.17. The number of thiophene rings is 1. The van der Waals surface area contributed by atoms with Crippen LogP contribution in [0, 0.1) is 13.8 Å². The first-order valence-corrected chi connectivity index (χ1v) is 6.97. The van der Waals surface area contributed by atoms with Crippen molar-refractivity contribution >= 4 is 27.3 Å². The van der Waals surface area contributed by atoms with Gasteiger partial charge in [0.15, 0.2) is 0 Å². The summed E-state index contributed by atoms with van der Waals surface area (Å²) < 4.78 is 1.01. The first-order chi connectivity index (χ1) is 8.02. The summed E-state index contributed by atoms with van der Waals surface area (Å²) >= 11 is 5.13. The van der Waals surface area contributed by atoms with Crippen molar-refractivity contribution in [2.24, 2.45) is 5.73 Å². The van der Waals surface area contributed by atoms with E-state index in [9.17, 15) is 5.11 Å². The minimum absolute atomic E-state index is 0.268. The minimum atomic E-state index is -0.271. The Morgan fingerprint density at radius 2 is 2.12 bits per heavy atom. The van der Waals surface area contributed by atoms with Gasteiger partial charge in [-0.05, 0) is 42.5 Å². The fourth-order valence-corrected chi connectivity index (χ4v) is 3.02. The van der Waals surface area contributed by atoms with Crippen LogP contribution in [0.1, 0.15) is 27.6 Å². The molecule has 0 bridgehead atoms. The molecule has 1 atom stereocenters. The van der Waals surface area contributed by atoms with Crippen LogP contribution in [0.4, 0.5) is 0 Å². The molecule has 0 amide bonds. The number of benzene rings is 1. The summed E-state index contributed by atoms with van der Waals surface area (Å²) in [6, 6.07) is 5.43. The van der Waals surface area contributed by atoms with Gasteiger partial charge in [-0.1, -0.05) is 22.0 Å². The van der Waals surface area contributed by atoms with Crippen LogP contribution in [0.15, 0.2) is 28.1 Å². The molecule has 0 aliphatic carbocycles. The lowest BCUT2D eigenvalue weighted by Crippen LogP contribution is -2.12. The van der Waals surface area contributed by atoms with E-state index in [1.165, 1.54) is 0 Å². The van der Waals surface area contributed by atoms with Crippen molar-refractivity contribution in [3.05, 3.63) is 49.6 Å². The summed E-state index contributed by atoms with van der Waals surface area (Å²) in [5, 5.41) is 12.1. The zero-order valence-electron chi connectivity index (χ0n) is 9.70. The van der Waals surface area contributed by atoms with Crippen molar-refractivity contribution in [3.63, 3.8) is 0 Å². The molecule has 2 rings (SSSR count). The van der Waals surface area contributed by atoms with Gasteiger partial charge in [-0.15, -0.1) is 11.3 Å². The van der Waals surface area contributed by atoms with Crippen LogP contribution in [0.3, 0.4) is 0 Å². The largest absolute Gasteiger partial charge is 0.508 e. The number of hydrogen-bond acceptors (Lipinski definition) is 3. The van der Waals surface area contributed by atoms with Gasteiger partial charge in [0, 0.05) is 14.9 Å². The molecule has 90 valence electrons. The monoisotopic (exact) mass is 311 g/mol. The molecule has 3 N–H and O–H groups in total. The molecule has 0 aliphatic rings. The lowest BCUT2D eigenvalue weighted by atomic mass is 9.97. The van der Waals surface area contributed by atoms with Crippen molar-refractivity contribution in [2.75, 3.05) is 0 Å². The Labute approximate surface area is 113 Å². The Morgan fingerprint density at radius 1 is 1.41 bits per heavy atom. The summed E-state index contributed by atoms with van der Waals surface area (Å²) in [5.74, 6) is 0.268. The van der Waals surface area contributed by atoms with Crippen molar-refractivity contribution in [2.45, 2.75) is 19.9 Å². The normalized spacial score (nSPS) is 12.7. The molecular weight excluding hydrogens is 298 g/mol. The van der Waals surface area contributed by atoms with Gasteiger partial charge in [0.1, 0.15) is 5.75 Å². The van der Waals surface area contributed by atoms with Crippen molar-refractivity contribution in [1.29, 1.82) is 0 Å². The van der Waals surface area contributed by atoms with Gasteiger partial charge in [0.25, 0.3) is 0 Å². The van der Waals surface area contributed by atoms with Gasteiger partial charge >= 0.3 is 0 Å². The Kier molecular flexibility index (Phi) is 3.56. The molecule has 17 heavy (non-hydrogen) atoms. The third-order valence-electron chi connectivity index (χ3n) is 2.87. The highest BCUT2D eigenvalue weighted by Crippen LogP contribution is 2.37. The average Bonchev–Trinajstić information content (AvgIpc) is 2.79. The summed E-state index contributed by atoms with van der Waals surface area (Å²) in [4.78, 5) is 1.05. The van der Waals surface area contributed by atoms with Crippen LogP contribution in [-0.4, -0.2) is 5.11 Å². The highest BCUT2D eigenvalue weighted by atomic mass is 79.9. The maximum absolute atomic E-state index is 10.1. The van der Waals surface area contributed by atoms with Gasteiger partial charge in [-0.2, -0.15) is 0 Å². The van der Waals surface area contributed by atoms with Crippen LogP contribution >= 0.6 is 27.3 Å². The number of hydrogen-bond donors (Lipinski definition) is 2. The molecule has 0 saturated heterocycles. The van der Waals surface area contributed by atoms with Gasteiger partial charge in [0.2, 0.25) is 0 Å². The van der Waals surface area contributed by atoms with E-state index in [0.29, 0.717) is 0 Å². The molecule has 0 radical (unpaired) electrons. The summed E-state index contributed by atoms with van der Waals surface area (Å²) in [6.07, 6.45) is 0. The molecule has 1 aromatic heterocycles. The molecular formula is C13H14BrNOS. The van der Waals surface area contributed by atoms with E-state index in [4.69, 9.17) is 5.73 Å². The first kappa shape index (κ1) is 12.6. The Hall–Kier alpha value is -0.840. The van der Waals surface area contributed by atoms with Crippen LogP contribution in [0.25, 0.3) is 0 Å². The number of rotatable bonds is 2. The summed E-state index contributed by atoms with van der Waals surface area (Å²) in [7, 11) is 0. The van der Waals surface area contributed by atoms with Crippen molar-refractivity contribution in [3.8, 4) is 5.75 Å². The second-order valence-electron chi connectivity index (χ2n) is 4.06. The van der Waals surface area contributed by atoms with E-state index >= 15 is 0 Å². The van der Waals surface area contributed by atoms with E-state index in [-0.39, 0.29) is 11.8 Å². The highest BCUT2D eigenvalue weighted by molar-refractivity contribution is 9.10. The van der Waals surface area contributed by atoms with Crippen LogP contribution in [0.2, 0.25) is 0 Å². The number of aryl methyl sites for hydroxylation is 1. The van der Waals surface area contributed by atoms with Gasteiger partial charge in [-0.3, -0.25) is 0 Å². The zero-order valence-corrected chi connectivity index (χ0v) is 12.1. The van der Waals surface area contributed by atoms with Crippen LogP contribution in [0.5, 0.6) is 5.75 Å². The predicted molar refractivity (Wildman–Crippen MR) is 75.6 cm³/mol. The maximum atomic E-state index is 10.1. The van der Waals surface area contributed by atoms with Crippen LogP contribution in [-0.2, 0) is 0 Å². The number of halogens is 1. The first-order valence-electron chi connectivity index (χ1n) is 5.30. The summed E-state index contributed by atoms with van der Waals surface area (Å²) in [6.45, 7) is 3.93. The molecule has 2 nitrogen and oxygen atoms in total. The Bertz CT molecular complexity index is 537. The quantitative estimate of drug-likeness (QED) is 0.884. The Morgan fingerprint density at radius 3 is 2.71 bits per heavy atom. The van der Waals surface area contributed by atoms with Gasteiger partial charge in [-0.25, -0.2) is 0 Å². The van der Waals surface area contributed by atoms with E-state index in [1.54, 1.807) is 17.4 Å². The molecule has 0 saturated carbocycles. The SMILES string of the molecule is Cc1cc(O)c([C@H](N)c2cccs2)c(C)c1Br. The fourth-order valence-electron chi connectivity index (χ4n) is 1.96. The third kappa shape index (κ3) is 2.25. The molecule has 0 aliphatic heterocycles. The fraction of sp³-hybridized carbons (Fsp3) is 0.231. The molecule has 1 heterocycles. The van der Waals surface area contributed by atoms with E-state index < -0.39 is 0 Å². The number of phenolic OH excluding ortho intramolecular Hbond substituents is 1. The Balaban J connectivity index is 2.56. The maximum Gasteiger partial charge on any atom is 0.121 e. The van der Waals surface area contributed by atoms with E-state index in [2.05, 4.69) is 15.9 Å². The van der Waals surface area contributed by atoms with Gasteiger partial charge < -0.3 is 10.8 Å². The standard InChI is InChI=1S/C13H14BrNOS/c1-7-6-9(16)11(8(2)12(7)14)13(15)10-4-3-5-17-10/h3-6,13,16H,15H2,1-2H3/t13-/m1/s1. The molecule has 4 heteroatoms. The molecule has 0 spiro atoms. The predicted octanol–water partition coefficient (Wildman–Crippen LogP) is 3.88. The van der Waals surface area contributed by atoms with E-state index in [1.807, 2.05) is 31.4 Å². The van der Waals surface area contributed by atoms with Crippen molar-refractivity contribution in [1.82, 2.24) is 0 Å². The number of aromatic hydroxyl groups is 1. The van der Waals surface area contributed by atoms with Crippen molar-refractivity contribution < 1.29 is 5.11 Å². The lowest BCUT2D eigenvalue weighted by molar-refractivity contribution is 0.464. The minimum Gasteiger partial charge on any atom is -0.508 e. The second-order valence-corrected chi connectivity index (χ2v) is 5.83. The highest BCUT2D eigenvalue weighted by Gasteiger charge is 2.19. The number of nitrogens with two attached hydrogens (primary N) is 1. The van der Waals surface area contributed by atoms with Crippen LogP contribution < -0.4 is 5.73 Å². The summed E-state index contributed by atoms with van der Waals surface area (Å²) in [5.41, 5.74) is 9.03. The molecule has 0 unspecified atom stereocenters. The molecule has 2 aromatic rings. The average molecular weight is 312 g/mol. The smallest absolute Gasteiger partial charge is 0.121 e. The number of phenols is 1. The second kappa shape index (κ2) is 4.80.